The summed E-state index contributed by atoms with van der Waals surface area (Å²) >= 11 is 0. The molecule has 1 aromatic carbocycles. The fourth-order valence-corrected chi connectivity index (χ4v) is 1.85. The summed E-state index contributed by atoms with van der Waals surface area (Å²) < 4.78 is 15.8. The number of rotatable bonds is 7. The van der Waals surface area contributed by atoms with Gasteiger partial charge in [-0.15, -0.1) is 0 Å². The standard InChI is InChI=1S/C15H24N2O4/c1-9(2)13(16)15(18)17-8-10-6-11(19-3)14(21-5)12(7-10)20-4/h6-7,9,13H,8,16H2,1-5H3,(H,17,18)/t13-/m1/s1. The van der Waals surface area contributed by atoms with Crippen molar-refractivity contribution < 1.29 is 19.0 Å². The van der Waals surface area contributed by atoms with E-state index in [1.165, 1.54) is 0 Å². The highest BCUT2D eigenvalue weighted by molar-refractivity contribution is 5.81. The van der Waals surface area contributed by atoms with Gasteiger partial charge in [-0.05, 0) is 23.6 Å². The molecule has 0 aliphatic rings. The van der Waals surface area contributed by atoms with Crippen LogP contribution in [0.2, 0.25) is 0 Å². The largest absolute Gasteiger partial charge is 0.493 e. The zero-order chi connectivity index (χ0) is 16.0. The maximum atomic E-state index is 11.9. The van der Waals surface area contributed by atoms with E-state index in [0.29, 0.717) is 23.8 Å². The molecule has 1 atom stereocenters. The molecule has 1 amide bonds. The van der Waals surface area contributed by atoms with Crippen molar-refractivity contribution in [2.45, 2.75) is 26.4 Å². The Morgan fingerprint density at radius 1 is 1.14 bits per heavy atom. The molecule has 3 N–H and O–H groups in total. The van der Waals surface area contributed by atoms with Crippen LogP contribution < -0.4 is 25.3 Å². The van der Waals surface area contributed by atoms with Crippen molar-refractivity contribution in [2.75, 3.05) is 21.3 Å². The Labute approximate surface area is 125 Å². The molecule has 0 spiro atoms. The van der Waals surface area contributed by atoms with Crippen molar-refractivity contribution in [3.8, 4) is 17.2 Å². The Kier molecular flexibility index (Phi) is 6.30. The number of amides is 1. The normalized spacial score (nSPS) is 12.0. The third-order valence-electron chi connectivity index (χ3n) is 3.21. The number of hydrogen-bond donors (Lipinski definition) is 2. The van der Waals surface area contributed by atoms with Crippen LogP contribution in [0.4, 0.5) is 0 Å². The van der Waals surface area contributed by atoms with Crippen LogP contribution in [-0.4, -0.2) is 33.3 Å². The quantitative estimate of drug-likeness (QED) is 0.793. The first-order valence-electron chi connectivity index (χ1n) is 6.76. The molecule has 0 bridgehead atoms. The topological polar surface area (TPSA) is 82.8 Å². The van der Waals surface area contributed by atoms with Gasteiger partial charge in [0, 0.05) is 6.54 Å². The van der Waals surface area contributed by atoms with Gasteiger partial charge in [-0.2, -0.15) is 0 Å². The van der Waals surface area contributed by atoms with Crippen LogP contribution in [0.25, 0.3) is 0 Å². The number of methoxy groups -OCH3 is 3. The van der Waals surface area contributed by atoms with Crippen LogP contribution in [0.5, 0.6) is 17.2 Å². The number of benzene rings is 1. The predicted octanol–water partition coefficient (Wildman–Crippen LogP) is 1.31. The van der Waals surface area contributed by atoms with Gasteiger partial charge < -0.3 is 25.3 Å². The first-order chi connectivity index (χ1) is 9.94. The van der Waals surface area contributed by atoms with E-state index in [0.717, 1.165) is 5.56 Å². The van der Waals surface area contributed by atoms with E-state index in [1.807, 2.05) is 13.8 Å². The average molecular weight is 296 g/mol. The molecule has 0 aliphatic heterocycles. The maximum absolute atomic E-state index is 11.9. The van der Waals surface area contributed by atoms with Crippen molar-refractivity contribution >= 4 is 5.91 Å². The van der Waals surface area contributed by atoms with E-state index in [2.05, 4.69) is 5.32 Å². The number of nitrogens with one attached hydrogen (secondary N) is 1. The Morgan fingerprint density at radius 2 is 1.67 bits per heavy atom. The number of ether oxygens (including phenoxy) is 3. The second-order valence-corrected chi connectivity index (χ2v) is 5.02. The fourth-order valence-electron chi connectivity index (χ4n) is 1.85. The monoisotopic (exact) mass is 296 g/mol. The lowest BCUT2D eigenvalue weighted by Crippen LogP contribution is -2.43. The number of hydrogen-bond acceptors (Lipinski definition) is 5. The van der Waals surface area contributed by atoms with Crippen molar-refractivity contribution in [2.24, 2.45) is 11.7 Å². The van der Waals surface area contributed by atoms with Gasteiger partial charge in [0.15, 0.2) is 11.5 Å². The maximum Gasteiger partial charge on any atom is 0.237 e. The fraction of sp³-hybridized carbons (Fsp3) is 0.533. The third-order valence-corrected chi connectivity index (χ3v) is 3.21. The van der Waals surface area contributed by atoms with E-state index >= 15 is 0 Å². The highest BCUT2D eigenvalue weighted by Gasteiger charge is 2.18. The summed E-state index contributed by atoms with van der Waals surface area (Å²) in [6, 6.07) is 3.07. The Hall–Kier alpha value is -1.95. The molecule has 0 heterocycles. The first kappa shape index (κ1) is 17.1. The molecule has 21 heavy (non-hydrogen) atoms. The van der Waals surface area contributed by atoms with Crippen LogP contribution >= 0.6 is 0 Å². The molecule has 0 unspecified atom stereocenters. The SMILES string of the molecule is COc1cc(CNC(=O)[C@H](N)C(C)C)cc(OC)c1OC. The van der Waals surface area contributed by atoms with E-state index in [4.69, 9.17) is 19.9 Å². The summed E-state index contributed by atoms with van der Waals surface area (Å²) in [6.07, 6.45) is 0. The summed E-state index contributed by atoms with van der Waals surface area (Å²) in [7, 11) is 4.64. The predicted molar refractivity (Wildman–Crippen MR) is 80.8 cm³/mol. The minimum atomic E-state index is -0.521. The van der Waals surface area contributed by atoms with Crippen LogP contribution in [-0.2, 0) is 11.3 Å². The molecule has 6 heteroatoms. The van der Waals surface area contributed by atoms with E-state index in [1.54, 1.807) is 33.5 Å². The van der Waals surface area contributed by atoms with E-state index < -0.39 is 6.04 Å². The molecule has 0 fully saturated rings. The van der Waals surface area contributed by atoms with Gasteiger partial charge >= 0.3 is 0 Å². The molecular formula is C15H24N2O4. The zero-order valence-corrected chi connectivity index (χ0v) is 13.2. The molecule has 6 nitrogen and oxygen atoms in total. The summed E-state index contributed by atoms with van der Waals surface area (Å²) in [5.74, 6) is 1.53. The summed E-state index contributed by atoms with van der Waals surface area (Å²) in [5.41, 5.74) is 6.64. The van der Waals surface area contributed by atoms with Gasteiger partial charge in [-0.3, -0.25) is 4.79 Å². The smallest absolute Gasteiger partial charge is 0.237 e. The van der Waals surface area contributed by atoms with Crippen molar-refractivity contribution in [3.63, 3.8) is 0 Å². The molecule has 0 aromatic heterocycles. The second kappa shape index (κ2) is 7.73. The number of nitrogens with two attached hydrogens (primary N) is 1. The van der Waals surface area contributed by atoms with E-state index in [9.17, 15) is 4.79 Å². The number of carbonyl (C=O) groups excluding carboxylic acids is 1. The average Bonchev–Trinajstić information content (AvgIpc) is 2.50. The van der Waals surface area contributed by atoms with Crippen LogP contribution in [0.1, 0.15) is 19.4 Å². The molecule has 1 aromatic rings. The molecule has 0 saturated heterocycles. The molecule has 0 radical (unpaired) electrons. The lowest BCUT2D eigenvalue weighted by molar-refractivity contribution is -0.123. The van der Waals surface area contributed by atoms with Crippen molar-refractivity contribution in [1.82, 2.24) is 5.32 Å². The lowest BCUT2D eigenvalue weighted by atomic mass is 10.0. The summed E-state index contributed by atoms with van der Waals surface area (Å²) in [6.45, 7) is 4.16. The Balaban J connectivity index is 2.87. The molecule has 0 aliphatic carbocycles. The minimum absolute atomic E-state index is 0.0879. The first-order valence-corrected chi connectivity index (χ1v) is 6.76. The molecule has 0 saturated carbocycles. The van der Waals surface area contributed by atoms with Crippen molar-refractivity contribution in [3.05, 3.63) is 17.7 Å². The summed E-state index contributed by atoms with van der Waals surface area (Å²) in [4.78, 5) is 11.9. The third kappa shape index (κ3) is 4.26. The van der Waals surface area contributed by atoms with Crippen LogP contribution in [0.15, 0.2) is 12.1 Å². The van der Waals surface area contributed by atoms with Gasteiger partial charge in [-0.1, -0.05) is 13.8 Å². The Bertz CT molecular complexity index is 464. The van der Waals surface area contributed by atoms with Crippen LogP contribution in [0.3, 0.4) is 0 Å². The van der Waals surface area contributed by atoms with E-state index in [-0.39, 0.29) is 11.8 Å². The minimum Gasteiger partial charge on any atom is -0.493 e. The van der Waals surface area contributed by atoms with Crippen molar-refractivity contribution in [1.29, 1.82) is 0 Å². The number of carbonyl (C=O) groups is 1. The summed E-state index contributed by atoms with van der Waals surface area (Å²) in [5, 5.41) is 2.80. The highest BCUT2D eigenvalue weighted by atomic mass is 16.5. The van der Waals surface area contributed by atoms with Gasteiger partial charge in [0.05, 0.1) is 27.4 Å². The van der Waals surface area contributed by atoms with Gasteiger partial charge in [0.25, 0.3) is 0 Å². The Morgan fingerprint density at radius 3 is 2.05 bits per heavy atom. The lowest BCUT2D eigenvalue weighted by Gasteiger charge is -2.17. The zero-order valence-electron chi connectivity index (χ0n) is 13.2. The van der Waals surface area contributed by atoms with Crippen LogP contribution in [0, 0.1) is 5.92 Å². The molecule has 118 valence electrons. The second-order valence-electron chi connectivity index (χ2n) is 5.02. The highest BCUT2D eigenvalue weighted by Crippen LogP contribution is 2.38. The van der Waals surface area contributed by atoms with Gasteiger partial charge in [0.2, 0.25) is 11.7 Å². The molecular weight excluding hydrogens is 272 g/mol. The molecule has 1 rings (SSSR count). The van der Waals surface area contributed by atoms with Gasteiger partial charge in [-0.25, -0.2) is 0 Å². The van der Waals surface area contributed by atoms with Gasteiger partial charge in [0.1, 0.15) is 0 Å².